The van der Waals surface area contributed by atoms with Gasteiger partial charge in [0.25, 0.3) is 0 Å². The van der Waals surface area contributed by atoms with Crippen LogP contribution >= 0.6 is 0 Å². The number of unbranched alkanes of at least 4 members (excludes halogenated alkanes) is 2. The summed E-state index contributed by atoms with van der Waals surface area (Å²) < 4.78 is 0. The lowest BCUT2D eigenvalue weighted by Gasteiger charge is -2.05. The molecule has 1 N–H and O–H groups in total. The summed E-state index contributed by atoms with van der Waals surface area (Å²) in [5, 5.41) is 9.05. The second kappa shape index (κ2) is 5.76. The molecule has 0 aliphatic carbocycles. The minimum absolute atomic E-state index is 0.138. The second-order valence-corrected chi connectivity index (χ2v) is 3.31. The summed E-state index contributed by atoms with van der Waals surface area (Å²) in [6.45, 7) is 2.34. The molecule has 13 heavy (non-hydrogen) atoms. The van der Waals surface area contributed by atoms with Gasteiger partial charge in [0.15, 0.2) is 0 Å². The van der Waals surface area contributed by atoms with Gasteiger partial charge >= 0.3 is 0 Å². The van der Waals surface area contributed by atoms with Gasteiger partial charge in [0.1, 0.15) is 0 Å². The Morgan fingerprint density at radius 1 is 1.31 bits per heavy atom. The van der Waals surface area contributed by atoms with Crippen molar-refractivity contribution in [3.8, 4) is 0 Å². The molecular weight excluding hydrogens is 160 g/mol. The number of hydrogen-bond acceptors (Lipinski definition) is 1. The minimum atomic E-state index is 0.138. The Hall–Kier alpha value is -0.820. The van der Waals surface area contributed by atoms with E-state index in [1.54, 1.807) is 0 Å². The van der Waals surface area contributed by atoms with E-state index < -0.39 is 0 Å². The standard InChI is InChI=1S/C12H17O/c1-2-3-4-7-11-8-5-6-9-12(11)10-13/h5,8-9,13H,2-4,7,10H2,1H3. The van der Waals surface area contributed by atoms with Gasteiger partial charge in [-0.3, -0.25) is 0 Å². The quantitative estimate of drug-likeness (QED) is 0.686. The third-order valence-electron chi connectivity index (χ3n) is 2.27. The van der Waals surface area contributed by atoms with Crippen molar-refractivity contribution in [2.75, 3.05) is 0 Å². The van der Waals surface area contributed by atoms with E-state index in [2.05, 4.69) is 19.1 Å². The monoisotopic (exact) mass is 177 g/mol. The summed E-state index contributed by atoms with van der Waals surface area (Å²) in [6.07, 6.45) is 4.81. The third kappa shape index (κ3) is 3.19. The first-order valence-electron chi connectivity index (χ1n) is 4.97. The zero-order chi connectivity index (χ0) is 9.52. The molecule has 0 unspecified atom stereocenters. The highest BCUT2D eigenvalue weighted by atomic mass is 16.3. The molecule has 1 nitrogen and oxygen atoms in total. The van der Waals surface area contributed by atoms with Crippen molar-refractivity contribution in [1.82, 2.24) is 0 Å². The van der Waals surface area contributed by atoms with Crippen LogP contribution in [0.5, 0.6) is 0 Å². The van der Waals surface area contributed by atoms with E-state index in [9.17, 15) is 0 Å². The van der Waals surface area contributed by atoms with E-state index in [1.165, 1.54) is 24.8 Å². The van der Waals surface area contributed by atoms with Crippen LogP contribution in [-0.4, -0.2) is 5.11 Å². The first kappa shape index (κ1) is 10.3. The number of hydrogen-bond donors (Lipinski definition) is 1. The number of benzene rings is 1. The Bertz CT molecular complexity index is 243. The van der Waals surface area contributed by atoms with Crippen molar-refractivity contribution in [3.05, 3.63) is 35.4 Å². The lowest BCUT2D eigenvalue weighted by molar-refractivity contribution is 0.280. The largest absolute Gasteiger partial charge is 0.392 e. The molecule has 0 aliphatic rings. The van der Waals surface area contributed by atoms with E-state index in [0.717, 1.165) is 12.0 Å². The Morgan fingerprint density at radius 2 is 2.15 bits per heavy atom. The lowest BCUT2D eigenvalue weighted by atomic mass is 10.0. The van der Waals surface area contributed by atoms with Crippen LogP contribution < -0.4 is 0 Å². The Kier molecular flexibility index (Phi) is 4.55. The highest BCUT2D eigenvalue weighted by molar-refractivity contribution is 5.25. The molecule has 0 fully saturated rings. The van der Waals surface area contributed by atoms with Crippen LogP contribution in [0.25, 0.3) is 0 Å². The van der Waals surface area contributed by atoms with E-state index in [4.69, 9.17) is 5.11 Å². The van der Waals surface area contributed by atoms with Crippen LogP contribution in [-0.2, 0) is 13.0 Å². The highest BCUT2D eigenvalue weighted by Gasteiger charge is 1.99. The molecular formula is C12H17O. The topological polar surface area (TPSA) is 20.2 Å². The van der Waals surface area contributed by atoms with E-state index in [-0.39, 0.29) is 6.61 Å². The molecule has 71 valence electrons. The van der Waals surface area contributed by atoms with E-state index >= 15 is 0 Å². The Labute approximate surface area is 80.4 Å². The molecule has 0 saturated carbocycles. The summed E-state index contributed by atoms with van der Waals surface area (Å²) in [6, 6.07) is 8.83. The summed E-state index contributed by atoms with van der Waals surface area (Å²) in [4.78, 5) is 0. The first-order chi connectivity index (χ1) is 6.38. The molecule has 0 atom stereocenters. The van der Waals surface area contributed by atoms with Gasteiger partial charge in [-0.2, -0.15) is 0 Å². The molecule has 0 bridgehead atoms. The summed E-state index contributed by atoms with van der Waals surface area (Å²) in [5.41, 5.74) is 2.30. The van der Waals surface area contributed by atoms with Crippen molar-refractivity contribution in [2.45, 2.75) is 39.2 Å². The predicted octanol–water partition coefficient (Wildman–Crippen LogP) is 2.71. The number of aliphatic hydroxyl groups excluding tert-OH is 1. The zero-order valence-electron chi connectivity index (χ0n) is 8.21. The molecule has 0 heterocycles. The predicted molar refractivity (Wildman–Crippen MR) is 54.4 cm³/mol. The molecule has 1 aromatic carbocycles. The maximum absolute atomic E-state index is 9.05. The molecule has 1 heteroatoms. The lowest BCUT2D eigenvalue weighted by Crippen LogP contribution is -1.93. The molecule has 0 aliphatic heterocycles. The van der Waals surface area contributed by atoms with Crippen molar-refractivity contribution in [2.24, 2.45) is 0 Å². The van der Waals surface area contributed by atoms with Crippen LogP contribution in [0.1, 0.15) is 37.3 Å². The first-order valence-corrected chi connectivity index (χ1v) is 4.97. The fourth-order valence-electron chi connectivity index (χ4n) is 1.45. The SMILES string of the molecule is CCCCCc1cc[c]cc1CO. The van der Waals surface area contributed by atoms with E-state index in [1.807, 2.05) is 12.1 Å². The Morgan fingerprint density at radius 3 is 2.85 bits per heavy atom. The molecule has 1 radical (unpaired) electrons. The number of rotatable bonds is 5. The zero-order valence-corrected chi connectivity index (χ0v) is 8.21. The Balaban J connectivity index is 2.54. The van der Waals surface area contributed by atoms with Gasteiger partial charge in [-0.1, -0.05) is 31.9 Å². The van der Waals surface area contributed by atoms with Crippen LogP contribution in [0, 0.1) is 6.07 Å². The summed E-state index contributed by atoms with van der Waals surface area (Å²) in [7, 11) is 0. The van der Waals surface area contributed by atoms with Gasteiger partial charge in [-0.15, -0.1) is 0 Å². The average molecular weight is 177 g/mol. The maximum Gasteiger partial charge on any atom is 0.0684 e. The van der Waals surface area contributed by atoms with Crippen LogP contribution in [0.3, 0.4) is 0 Å². The third-order valence-corrected chi connectivity index (χ3v) is 2.27. The fourth-order valence-corrected chi connectivity index (χ4v) is 1.45. The summed E-state index contributed by atoms with van der Waals surface area (Å²) >= 11 is 0. The molecule has 0 spiro atoms. The number of aryl methyl sites for hydroxylation is 1. The van der Waals surface area contributed by atoms with Crippen molar-refractivity contribution >= 4 is 0 Å². The molecule has 1 aromatic rings. The second-order valence-electron chi connectivity index (χ2n) is 3.31. The maximum atomic E-state index is 9.05. The van der Waals surface area contributed by atoms with Crippen LogP contribution in [0.2, 0.25) is 0 Å². The summed E-state index contributed by atoms with van der Waals surface area (Å²) in [5.74, 6) is 0. The van der Waals surface area contributed by atoms with Gasteiger partial charge in [-0.25, -0.2) is 0 Å². The average Bonchev–Trinajstić information content (AvgIpc) is 2.19. The molecule has 0 saturated heterocycles. The van der Waals surface area contributed by atoms with E-state index in [0.29, 0.717) is 0 Å². The van der Waals surface area contributed by atoms with Crippen molar-refractivity contribution < 1.29 is 5.11 Å². The van der Waals surface area contributed by atoms with Gasteiger partial charge in [0, 0.05) is 0 Å². The highest BCUT2D eigenvalue weighted by Crippen LogP contribution is 2.12. The van der Waals surface area contributed by atoms with Crippen LogP contribution in [0.15, 0.2) is 18.2 Å². The normalized spacial score (nSPS) is 10.3. The molecule has 0 amide bonds. The molecule has 0 aromatic heterocycles. The van der Waals surface area contributed by atoms with Crippen molar-refractivity contribution in [1.29, 1.82) is 0 Å². The number of aliphatic hydroxyl groups is 1. The van der Waals surface area contributed by atoms with Gasteiger partial charge in [0.05, 0.1) is 6.61 Å². The van der Waals surface area contributed by atoms with Gasteiger partial charge in [0.2, 0.25) is 0 Å². The van der Waals surface area contributed by atoms with Gasteiger partial charge < -0.3 is 5.11 Å². The molecule has 1 rings (SSSR count). The van der Waals surface area contributed by atoms with Gasteiger partial charge in [-0.05, 0) is 36.1 Å². The fraction of sp³-hybridized carbons (Fsp3) is 0.500. The van der Waals surface area contributed by atoms with Crippen molar-refractivity contribution in [3.63, 3.8) is 0 Å². The van der Waals surface area contributed by atoms with Crippen LogP contribution in [0.4, 0.5) is 0 Å². The minimum Gasteiger partial charge on any atom is -0.392 e. The smallest absolute Gasteiger partial charge is 0.0684 e.